The zero-order valence-electron chi connectivity index (χ0n) is 13.6. The van der Waals surface area contributed by atoms with Gasteiger partial charge in [0.2, 0.25) is 0 Å². The molecule has 0 aliphatic rings. The minimum atomic E-state index is -0.769. The van der Waals surface area contributed by atoms with Crippen LogP contribution in [0.3, 0.4) is 0 Å². The number of nitrogens with one attached hydrogen (secondary N) is 1. The van der Waals surface area contributed by atoms with Crippen LogP contribution in [0.15, 0.2) is 40.8 Å². The fourth-order valence-electron chi connectivity index (χ4n) is 2.01. The van der Waals surface area contributed by atoms with Crippen molar-refractivity contribution in [2.75, 3.05) is 11.9 Å². The van der Waals surface area contributed by atoms with Crippen LogP contribution in [0.5, 0.6) is 0 Å². The number of nitrogens with zero attached hydrogens (tertiary/aromatic N) is 1. The highest BCUT2D eigenvalue weighted by molar-refractivity contribution is 5.95. The summed E-state index contributed by atoms with van der Waals surface area (Å²) in [5.74, 6) is -1.54. The first-order chi connectivity index (χ1) is 11.8. The number of hydrogen-bond donors (Lipinski definition) is 1. The summed E-state index contributed by atoms with van der Waals surface area (Å²) in [5, 5.41) is 13.1. The molecule has 1 N–H and O–H groups in total. The summed E-state index contributed by atoms with van der Waals surface area (Å²) in [4.78, 5) is 33.1. The third kappa shape index (κ3) is 5.31. The molecule has 0 saturated heterocycles. The summed E-state index contributed by atoms with van der Waals surface area (Å²) in [6.45, 7) is 3.36. The number of rotatable bonds is 6. The summed E-state index contributed by atoms with van der Waals surface area (Å²) in [6, 6.07) is 8.07. The van der Waals surface area contributed by atoms with Crippen molar-refractivity contribution in [3.8, 4) is 0 Å². The van der Waals surface area contributed by atoms with Gasteiger partial charge in [0.05, 0.1) is 6.07 Å². The van der Waals surface area contributed by atoms with Gasteiger partial charge in [-0.05, 0) is 37.6 Å². The summed E-state index contributed by atoms with van der Waals surface area (Å²) in [6.07, 6.45) is 2.24. The Morgan fingerprint density at radius 2 is 2.04 bits per heavy atom. The Labute approximate surface area is 143 Å². The van der Waals surface area contributed by atoms with Crippen LogP contribution < -0.4 is 5.32 Å². The number of carbonyl (C=O) groups excluding carboxylic acids is 2. The van der Waals surface area contributed by atoms with Crippen molar-refractivity contribution in [2.24, 2.45) is 0 Å². The van der Waals surface area contributed by atoms with Gasteiger partial charge in [-0.25, -0.2) is 4.79 Å². The number of ether oxygens (including phenoxy) is 1. The van der Waals surface area contributed by atoms with E-state index in [1.807, 2.05) is 26.0 Å². The highest BCUT2D eigenvalue weighted by atomic mass is 16.6. The van der Waals surface area contributed by atoms with Crippen molar-refractivity contribution in [1.29, 1.82) is 0 Å². The maximum absolute atomic E-state index is 11.8. The minimum Gasteiger partial charge on any atom is -0.452 e. The van der Waals surface area contributed by atoms with E-state index in [0.717, 1.165) is 17.2 Å². The Hall–Kier alpha value is -3.42. The molecule has 8 heteroatoms. The normalized spacial score (nSPS) is 10.6. The van der Waals surface area contributed by atoms with Crippen LogP contribution >= 0.6 is 0 Å². The molecule has 0 radical (unpaired) electrons. The van der Waals surface area contributed by atoms with Crippen LogP contribution in [-0.4, -0.2) is 23.4 Å². The third-order valence-electron chi connectivity index (χ3n) is 3.18. The van der Waals surface area contributed by atoms with E-state index in [2.05, 4.69) is 5.32 Å². The van der Waals surface area contributed by atoms with Crippen molar-refractivity contribution >= 4 is 29.5 Å². The number of benzene rings is 1. The molecule has 25 heavy (non-hydrogen) atoms. The number of hydrogen-bond acceptors (Lipinski definition) is 6. The second kappa shape index (κ2) is 7.91. The van der Waals surface area contributed by atoms with E-state index in [4.69, 9.17) is 9.15 Å². The van der Waals surface area contributed by atoms with Gasteiger partial charge in [0.25, 0.3) is 5.91 Å². The third-order valence-corrected chi connectivity index (χ3v) is 3.18. The smallest absolute Gasteiger partial charge is 0.433 e. The first-order valence-electron chi connectivity index (χ1n) is 7.31. The van der Waals surface area contributed by atoms with Gasteiger partial charge in [0.15, 0.2) is 6.61 Å². The quantitative estimate of drug-likeness (QED) is 0.373. The lowest BCUT2D eigenvalue weighted by atomic mass is 10.1. The van der Waals surface area contributed by atoms with Gasteiger partial charge in [0, 0.05) is 11.8 Å². The van der Waals surface area contributed by atoms with Crippen molar-refractivity contribution in [2.45, 2.75) is 13.8 Å². The zero-order valence-corrected chi connectivity index (χ0v) is 13.6. The molecule has 0 unspecified atom stereocenters. The van der Waals surface area contributed by atoms with Gasteiger partial charge in [-0.1, -0.05) is 17.7 Å². The molecule has 1 amide bonds. The Bertz CT molecular complexity index is 837. The number of furan rings is 1. The number of carbonyl (C=O) groups is 2. The van der Waals surface area contributed by atoms with E-state index in [1.165, 1.54) is 18.2 Å². The molecule has 0 fully saturated rings. The SMILES string of the molecule is Cc1ccc(NC(=O)COC(=O)/C=C/c2ccc([N+](=O)[O-])o2)c(C)c1. The van der Waals surface area contributed by atoms with Crippen molar-refractivity contribution in [1.82, 2.24) is 0 Å². The van der Waals surface area contributed by atoms with Crippen LogP contribution in [0, 0.1) is 24.0 Å². The number of amides is 1. The fourth-order valence-corrected chi connectivity index (χ4v) is 2.01. The Balaban J connectivity index is 1.83. The second-order valence-electron chi connectivity index (χ2n) is 5.24. The number of nitro groups is 1. The van der Waals surface area contributed by atoms with Crippen LogP contribution in [0.25, 0.3) is 6.08 Å². The van der Waals surface area contributed by atoms with Gasteiger partial charge in [-0.3, -0.25) is 14.9 Å². The van der Waals surface area contributed by atoms with Crippen LogP contribution in [0.4, 0.5) is 11.6 Å². The van der Waals surface area contributed by atoms with E-state index in [0.29, 0.717) is 5.69 Å². The molecule has 2 rings (SSSR count). The van der Waals surface area contributed by atoms with Crippen molar-refractivity contribution in [3.05, 3.63) is 63.4 Å². The van der Waals surface area contributed by atoms with Gasteiger partial charge in [-0.15, -0.1) is 0 Å². The zero-order chi connectivity index (χ0) is 18.4. The van der Waals surface area contributed by atoms with Crippen LogP contribution in [0.2, 0.25) is 0 Å². The number of anilines is 1. The predicted octanol–water partition coefficient (Wildman–Crippen LogP) is 3.00. The molecule has 0 saturated carbocycles. The lowest BCUT2D eigenvalue weighted by molar-refractivity contribution is -0.402. The molecule has 1 aromatic heterocycles. The maximum atomic E-state index is 11.8. The van der Waals surface area contributed by atoms with E-state index in [9.17, 15) is 19.7 Å². The fraction of sp³-hybridized carbons (Fsp3) is 0.176. The number of esters is 1. The first-order valence-corrected chi connectivity index (χ1v) is 7.31. The molecule has 0 aliphatic heterocycles. The van der Waals surface area contributed by atoms with Crippen LogP contribution in [-0.2, 0) is 14.3 Å². The average molecular weight is 344 g/mol. The summed E-state index contributed by atoms with van der Waals surface area (Å²) >= 11 is 0. The molecule has 0 aliphatic carbocycles. The molecule has 0 spiro atoms. The highest BCUT2D eigenvalue weighted by Gasteiger charge is 2.11. The lowest BCUT2D eigenvalue weighted by Crippen LogP contribution is -2.20. The van der Waals surface area contributed by atoms with Crippen LogP contribution in [0.1, 0.15) is 16.9 Å². The van der Waals surface area contributed by atoms with E-state index >= 15 is 0 Å². The molecular formula is C17H16N2O6. The topological polar surface area (TPSA) is 112 Å². The summed E-state index contributed by atoms with van der Waals surface area (Å²) in [7, 11) is 0. The van der Waals surface area contributed by atoms with Crippen molar-refractivity contribution in [3.63, 3.8) is 0 Å². The molecule has 0 atom stereocenters. The lowest BCUT2D eigenvalue weighted by Gasteiger charge is -2.09. The molecule has 0 bridgehead atoms. The van der Waals surface area contributed by atoms with Crippen molar-refractivity contribution < 1.29 is 23.7 Å². The Morgan fingerprint density at radius 1 is 1.28 bits per heavy atom. The monoisotopic (exact) mass is 344 g/mol. The highest BCUT2D eigenvalue weighted by Crippen LogP contribution is 2.17. The Kier molecular flexibility index (Phi) is 5.67. The van der Waals surface area contributed by atoms with E-state index in [-0.39, 0.29) is 5.76 Å². The maximum Gasteiger partial charge on any atom is 0.433 e. The summed E-state index contributed by atoms with van der Waals surface area (Å²) < 4.78 is 9.65. The predicted molar refractivity (Wildman–Crippen MR) is 89.9 cm³/mol. The molecule has 1 heterocycles. The van der Waals surface area contributed by atoms with Gasteiger partial charge < -0.3 is 14.5 Å². The summed E-state index contributed by atoms with van der Waals surface area (Å²) in [5.41, 5.74) is 2.62. The van der Waals surface area contributed by atoms with Gasteiger partial charge >= 0.3 is 11.9 Å². The van der Waals surface area contributed by atoms with Gasteiger partial charge in [-0.2, -0.15) is 0 Å². The standard InChI is InChI=1S/C17H16N2O6/c1-11-3-6-14(12(2)9-11)18-15(20)10-24-17(21)8-5-13-4-7-16(25-13)19(22)23/h3-9H,10H2,1-2H3,(H,18,20)/b8-5+. The molecule has 1 aromatic carbocycles. The first kappa shape index (κ1) is 17.9. The van der Waals surface area contributed by atoms with Gasteiger partial charge in [0.1, 0.15) is 10.7 Å². The van der Waals surface area contributed by atoms with E-state index < -0.39 is 29.3 Å². The number of aryl methyl sites for hydroxylation is 2. The molecular weight excluding hydrogens is 328 g/mol. The van der Waals surface area contributed by atoms with E-state index in [1.54, 1.807) is 6.07 Å². The second-order valence-corrected chi connectivity index (χ2v) is 5.24. The molecule has 2 aromatic rings. The molecule has 8 nitrogen and oxygen atoms in total. The Morgan fingerprint density at radius 3 is 2.68 bits per heavy atom. The largest absolute Gasteiger partial charge is 0.452 e. The molecule has 130 valence electrons. The minimum absolute atomic E-state index is 0.128. The average Bonchev–Trinajstić information content (AvgIpc) is 3.03.